The number of nitrogens with one attached hydrogen (secondary N) is 2. The monoisotopic (exact) mass is 398 g/mol. The van der Waals surface area contributed by atoms with Crippen molar-refractivity contribution in [1.29, 1.82) is 0 Å². The zero-order chi connectivity index (χ0) is 19.5. The SMILES string of the molecule is COc1ccc(-c2n[nH]c(=S)n2CC(=O)N2CCCCC2c2ncc[nH]2)cc1. The van der Waals surface area contributed by atoms with Gasteiger partial charge in [-0.2, -0.15) is 5.10 Å². The van der Waals surface area contributed by atoms with Crippen LogP contribution < -0.4 is 4.74 Å². The normalized spacial score (nSPS) is 16.9. The molecule has 2 aromatic heterocycles. The van der Waals surface area contributed by atoms with Gasteiger partial charge in [0.05, 0.1) is 13.2 Å². The van der Waals surface area contributed by atoms with Crippen molar-refractivity contribution < 1.29 is 9.53 Å². The highest BCUT2D eigenvalue weighted by atomic mass is 32.1. The number of hydrogen-bond donors (Lipinski definition) is 2. The van der Waals surface area contributed by atoms with E-state index in [1.807, 2.05) is 29.2 Å². The van der Waals surface area contributed by atoms with Crippen molar-refractivity contribution in [1.82, 2.24) is 29.6 Å². The van der Waals surface area contributed by atoms with Crippen LogP contribution in [0.25, 0.3) is 11.4 Å². The van der Waals surface area contributed by atoms with E-state index in [0.717, 1.165) is 36.4 Å². The molecule has 1 amide bonds. The fourth-order valence-electron chi connectivity index (χ4n) is 3.62. The van der Waals surface area contributed by atoms with Crippen LogP contribution in [0.4, 0.5) is 0 Å². The number of imidazole rings is 1. The summed E-state index contributed by atoms with van der Waals surface area (Å²) >= 11 is 5.38. The van der Waals surface area contributed by atoms with E-state index in [2.05, 4.69) is 20.2 Å². The second kappa shape index (κ2) is 7.97. The van der Waals surface area contributed by atoms with Crippen LogP contribution >= 0.6 is 12.2 Å². The van der Waals surface area contributed by atoms with Crippen molar-refractivity contribution in [3.63, 3.8) is 0 Å². The fraction of sp³-hybridized carbons (Fsp3) is 0.368. The molecular weight excluding hydrogens is 376 g/mol. The molecule has 0 radical (unpaired) electrons. The number of nitrogens with zero attached hydrogens (tertiary/aromatic N) is 4. The van der Waals surface area contributed by atoms with Crippen LogP contribution in [0.2, 0.25) is 0 Å². The minimum absolute atomic E-state index is 0.00774. The number of carbonyl (C=O) groups is 1. The fourth-order valence-corrected chi connectivity index (χ4v) is 3.82. The van der Waals surface area contributed by atoms with Crippen LogP contribution in [0, 0.1) is 4.77 Å². The average Bonchev–Trinajstić information content (AvgIpc) is 3.39. The zero-order valence-corrected chi connectivity index (χ0v) is 16.4. The molecule has 28 heavy (non-hydrogen) atoms. The van der Waals surface area contributed by atoms with Crippen molar-refractivity contribution in [2.45, 2.75) is 31.8 Å². The van der Waals surface area contributed by atoms with E-state index in [9.17, 15) is 4.79 Å². The number of aromatic amines is 2. The lowest BCUT2D eigenvalue weighted by Crippen LogP contribution is -2.40. The van der Waals surface area contributed by atoms with Crippen LogP contribution in [0.15, 0.2) is 36.7 Å². The van der Waals surface area contributed by atoms with E-state index < -0.39 is 0 Å². The highest BCUT2D eigenvalue weighted by Crippen LogP contribution is 2.29. The zero-order valence-electron chi connectivity index (χ0n) is 15.6. The number of amides is 1. The summed E-state index contributed by atoms with van der Waals surface area (Å²) in [6, 6.07) is 7.49. The van der Waals surface area contributed by atoms with Gasteiger partial charge in [-0.15, -0.1) is 0 Å². The van der Waals surface area contributed by atoms with Crippen LogP contribution in [0.3, 0.4) is 0 Å². The Kier molecular flexibility index (Phi) is 5.25. The van der Waals surface area contributed by atoms with Gasteiger partial charge in [-0.3, -0.25) is 14.5 Å². The van der Waals surface area contributed by atoms with Gasteiger partial charge in [-0.25, -0.2) is 4.98 Å². The number of likely N-dealkylation sites (tertiary alicyclic amines) is 1. The number of aromatic nitrogens is 5. The largest absolute Gasteiger partial charge is 0.497 e. The number of methoxy groups -OCH3 is 1. The molecule has 1 atom stereocenters. The number of hydrogen-bond acceptors (Lipinski definition) is 5. The van der Waals surface area contributed by atoms with E-state index in [1.165, 1.54) is 0 Å². The van der Waals surface area contributed by atoms with Crippen LogP contribution in [0.1, 0.15) is 31.1 Å². The quantitative estimate of drug-likeness (QED) is 0.645. The van der Waals surface area contributed by atoms with Gasteiger partial charge in [-0.05, 0) is 55.7 Å². The predicted molar refractivity (Wildman–Crippen MR) is 106 cm³/mol. The molecule has 0 aliphatic carbocycles. The molecule has 1 saturated heterocycles. The van der Waals surface area contributed by atoms with Crippen LogP contribution in [0.5, 0.6) is 5.75 Å². The Hall–Kier alpha value is -2.94. The van der Waals surface area contributed by atoms with Crippen LogP contribution in [-0.4, -0.2) is 49.2 Å². The molecule has 1 fully saturated rings. The lowest BCUT2D eigenvalue weighted by atomic mass is 10.0. The first-order chi connectivity index (χ1) is 13.7. The molecule has 1 aliphatic heterocycles. The van der Waals surface area contributed by atoms with Gasteiger partial charge in [0.1, 0.15) is 18.1 Å². The second-order valence-corrected chi connectivity index (χ2v) is 7.13. The maximum atomic E-state index is 13.2. The predicted octanol–water partition coefficient (Wildman–Crippen LogP) is 3.09. The van der Waals surface area contributed by atoms with Gasteiger partial charge < -0.3 is 14.6 Å². The molecule has 4 rings (SSSR count). The van der Waals surface area contributed by atoms with Gasteiger partial charge in [0.15, 0.2) is 10.6 Å². The average molecular weight is 398 g/mol. The summed E-state index contributed by atoms with van der Waals surface area (Å²) in [6.45, 7) is 0.848. The Bertz CT molecular complexity index is 992. The van der Waals surface area contributed by atoms with E-state index in [-0.39, 0.29) is 18.5 Å². The summed E-state index contributed by atoms with van der Waals surface area (Å²) in [5.41, 5.74) is 0.863. The molecule has 9 heteroatoms. The third-order valence-electron chi connectivity index (χ3n) is 5.06. The topological polar surface area (TPSA) is 91.8 Å². The smallest absolute Gasteiger partial charge is 0.243 e. The maximum absolute atomic E-state index is 13.2. The highest BCUT2D eigenvalue weighted by molar-refractivity contribution is 7.71. The molecule has 0 bridgehead atoms. The Morgan fingerprint density at radius 3 is 2.86 bits per heavy atom. The summed E-state index contributed by atoms with van der Waals surface area (Å²) in [5.74, 6) is 2.23. The molecule has 146 valence electrons. The number of H-pyrrole nitrogens is 2. The van der Waals surface area contributed by atoms with Gasteiger partial charge in [0.25, 0.3) is 0 Å². The third kappa shape index (κ3) is 3.57. The van der Waals surface area contributed by atoms with Crippen molar-refractivity contribution >= 4 is 18.1 Å². The van der Waals surface area contributed by atoms with E-state index >= 15 is 0 Å². The van der Waals surface area contributed by atoms with E-state index in [0.29, 0.717) is 17.1 Å². The van der Waals surface area contributed by atoms with Crippen molar-refractivity contribution in [3.05, 3.63) is 47.3 Å². The molecule has 3 heterocycles. The number of carbonyl (C=O) groups excluding carboxylic acids is 1. The molecule has 1 aliphatic rings. The van der Waals surface area contributed by atoms with Gasteiger partial charge in [0.2, 0.25) is 5.91 Å². The number of rotatable bonds is 5. The lowest BCUT2D eigenvalue weighted by molar-refractivity contribution is -0.135. The highest BCUT2D eigenvalue weighted by Gasteiger charge is 2.30. The molecule has 3 aromatic rings. The first-order valence-corrected chi connectivity index (χ1v) is 9.66. The van der Waals surface area contributed by atoms with Gasteiger partial charge in [-0.1, -0.05) is 0 Å². The Labute approximate surface area is 167 Å². The van der Waals surface area contributed by atoms with E-state index in [1.54, 1.807) is 24.1 Å². The molecule has 2 N–H and O–H groups in total. The molecule has 8 nitrogen and oxygen atoms in total. The van der Waals surface area contributed by atoms with Gasteiger partial charge in [0, 0.05) is 24.5 Å². The molecule has 0 saturated carbocycles. The van der Waals surface area contributed by atoms with Crippen molar-refractivity contribution in [3.8, 4) is 17.1 Å². The molecule has 1 aromatic carbocycles. The summed E-state index contributed by atoms with van der Waals surface area (Å²) < 4.78 is 7.37. The first kappa shape index (κ1) is 18.4. The Morgan fingerprint density at radius 1 is 1.32 bits per heavy atom. The minimum Gasteiger partial charge on any atom is -0.497 e. The lowest BCUT2D eigenvalue weighted by Gasteiger charge is -2.34. The Balaban J connectivity index is 1.59. The van der Waals surface area contributed by atoms with Crippen molar-refractivity contribution in [2.24, 2.45) is 0 Å². The van der Waals surface area contributed by atoms with Crippen molar-refractivity contribution in [2.75, 3.05) is 13.7 Å². The number of benzene rings is 1. The van der Waals surface area contributed by atoms with Gasteiger partial charge >= 0.3 is 0 Å². The summed E-state index contributed by atoms with van der Waals surface area (Å²) in [5, 5.41) is 7.13. The summed E-state index contributed by atoms with van der Waals surface area (Å²) in [7, 11) is 1.62. The number of piperidine rings is 1. The molecule has 1 unspecified atom stereocenters. The first-order valence-electron chi connectivity index (χ1n) is 9.25. The summed E-state index contributed by atoms with van der Waals surface area (Å²) in [6.07, 6.45) is 6.49. The standard InChI is InChI=1S/C19H22N6O2S/c1-27-14-7-5-13(6-8-14)18-22-23-19(28)25(18)12-16(26)24-11-3-2-4-15(24)17-20-9-10-21-17/h5-10,15H,2-4,11-12H2,1H3,(H,20,21)(H,23,28). The molecular formula is C19H22N6O2S. The molecule has 0 spiro atoms. The minimum atomic E-state index is -0.0261. The third-order valence-corrected chi connectivity index (χ3v) is 5.37. The Morgan fingerprint density at radius 2 is 2.14 bits per heavy atom. The number of ether oxygens (including phenoxy) is 1. The maximum Gasteiger partial charge on any atom is 0.243 e. The van der Waals surface area contributed by atoms with Crippen LogP contribution in [-0.2, 0) is 11.3 Å². The van der Waals surface area contributed by atoms with E-state index in [4.69, 9.17) is 17.0 Å². The second-order valence-electron chi connectivity index (χ2n) is 6.74. The summed E-state index contributed by atoms with van der Waals surface area (Å²) in [4.78, 5) is 22.6.